The van der Waals surface area contributed by atoms with Crippen LogP contribution in [0.5, 0.6) is 0 Å². The summed E-state index contributed by atoms with van der Waals surface area (Å²) in [7, 11) is -1.91. The molecule has 0 atom stereocenters. The molecule has 0 aliphatic carbocycles. The zero-order valence-electron chi connectivity index (χ0n) is 17.6. The molecule has 0 bridgehead atoms. The van der Waals surface area contributed by atoms with Crippen LogP contribution in [-0.2, 0) is 10.1 Å². The van der Waals surface area contributed by atoms with E-state index >= 15 is 0 Å². The minimum absolute atomic E-state index is 0.164. The highest BCUT2D eigenvalue weighted by atomic mass is 32.2. The summed E-state index contributed by atoms with van der Waals surface area (Å²) in [5, 5.41) is 0. The van der Waals surface area contributed by atoms with Gasteiger partial charge in [-0.05, 0) is 20.0 Å². The molecular weight excluding hydrogens is 346 g/mol. The van der Waals surface area contributed by atoms with Gasteiger partial charge in [0.15, 0.2) is 0 Å². The minimum atomic E-state index is -3.82. The van der Waals surface area contributed by atoms with Gasteiger partial charge in [0, 0.05) is 6.54 Å². The SMILES string of the molecule is CCCCCCCCCCCCCCCCCCN(C)CCS(=O)(=O)O. The van der Waals surface area contributed by atoms with Gasteiger partial charge in [-0.1, -0.05) is 103 Å². The highest BCUT2D eigenvalue weighted by Crippen LogP contribution is 2.13. The van der Waals surface area contributed by atoms with Crippen molar-refractivity contribution in [2.75, 3.05) is 25.9 Å². The van der Waals surface area contributed by atoms with Gasteiger partial charge in [-0.25, -0.2) is 0 Å². The monoisotopic (exact) mass is 391 g/mol. The largest absolute Gasteiger partial charge is 0.305 e. The number of hydrogen-bond acceptors (Lipinski definition) is 3. The molecule has 1 N–H and O–H groups in total. The molecule has 4 nitrogen and oxygen atoms in total. The van der Waals surface area contributed by atoms with Crippen LogP contribution in [0.15, 0.2) is 0 Å². The fourth-order valence-corrected chi connectivity index (χ4v) is 3.86. The Morgan fingerprint density at radius 1 is 0.615 bits per heavy atom. The molecule has 0 aromatic rings. The van der Waals surface area contributed by atoms with Crippen molar-refractivity contribution < 1.29 is 13.0 Å². The number of rotatable bonds is 20. The molecule has 0 saturated carbocycles. The summed E-state index contributed by atoms with van der Waals surface area (Å²) < 4.78 is 30.1. The zero-order chi connectivity index (χ0) is 19.5. The predicted molar refractivity (Wildman–Crippen MR) is 113 cm³/mol. The first kappa shape index (κ1) is 25.9. The van der Waals surface area contributed by atoms with Crippen LogP contribution in [0.2, 0.25) is 0 Å². The summed E-state index contributed by atoms with van der Waals surface area (Å²) in [4.78, 5) is 1.98. The fraction of sp³-hybridized carbons (Fsp3) is 1.00. The van der Waals surface area contributed by atoms with Crippen LogP contribution >= 0.6 is 0 Å². The smallest absolute Gasteiger partial charge is 0.266 e. The van der Waals surface area contributed by atoms with Crippen LogP contribution in [0.25, 0.3) is 0 Å². The summed E-state index contributed by atoms with van der Waals surface area (Å²) in [6.45, 7) is 3.60. The fourth-order valence-electron chi connectivity index (χ4n) is 3.31. The molecular formula is C21H45NO3S. The van der Waals surface area contributed by atoms with E-state index in [4.69, 9.17) is 4.55 Å². The van der Waals surface area contributed by atoms with Gasteiger partial charge in [0.1, 0.15) is 0 Å². The third-order valence-corrected chi connectivity index (χ3v) is 5.82. The lowest BCUT2D eigenvalue weighted by molar-refractivity contribution is 0.337. The second-order valence-electron chi connectivity index (χ2n) is 7.89. The Labute approximate surface area is 163 Å². The standard InChI is InChI=1S/C21H45NO3S/c1-3-4-5-6-7-8-9-10-11-12-13-14-15-16-17-18-19-22(2)20-21-26(23,24)25/h3-21H2,1-2H3,(H,23,24,25). The van der Waals surface area contributed by atoms with Crippen molar-refractivity contribution in [3.05, 3.63) is 0 Å². The Morgan fingerprint density at radius 3 is 1.31 bits per heavy atom. The third-order valence-electron chi connectivity index (χ3n) is 5.12. The molecule has 0 radical (unpaired) electrons. The van der Waals surface area contributed by atoms with Crippen molar-refractivity contribution in [3.63, 3.8) is 0 Å². The lowest BCUT2D eigenvalue weighted by Gasteiger charge is -2.15. The normalized spacial score (nSPS) is 12.2. The maximum absolute atomic E-state index is 10.7. The Morgan fingerprint density at radius 2 is 0.962 bits per heavy atom. The quantitative estimate of drug-likeness (QED) is 0.202. The van der Waals surface area contributed by atoms with Gasteiger partial charge in [-0.2, -0.15) is 8.42 Å². The molecule has 0 amide bonds. The van der Waals surface area contributed by atoms with Gasteiger partial charge in [0.25, 0.3) is 10.1 Å². The minimum Gasteiger partial charge on any atom is -0.305 e. The molecule has 0 saturated heterocycles. The van der Waals surface area contributed by atoms with Crippen molar-refractivity contribution in [3.8, 4) is 0 Å². The van der Waals surface area contributed by atoms with Crippen LogP contribution in [0.1, 0.15) is 110 Å². The van der Waals surface area contributed by atoms with E-state index in [2.05, 4.69) is 6.92 Å². The highest BCUT2D eigenvalue weighted by Gasteiger charge is 2.06. The van der Waals surface area contributed by atoms with Gasteiger partial charge in [-0.15, -0.1) is 0 Å². The molecule has 0 fully saturated rings. The highest BCUT2D eigenvalue weighted by molar-refractivity contribution is 7.85. The zero-order valence-corrected chi connectivity index (χ0v) is 18.4. The van der Waals surface area contributed by atoms with E-state index < -0.39 is 10.1 Å². The van der Waals surface area contributed by atoms with Gasteiger partial charge in [0.2, 0.25) is 0 Å². The van der Waals surface area contributed by atoms with Gasteiger partial charge >= 0.3 is 0 Å². The van der Waals surface area contributed by atoms with Crippen LogP contribution < -0.4 is 0 Å². The Kier molecular flexibility index (Phi) is 18.2. The summed E-state index contributed by atoms with van der Waals surface area (Å²) in [5.74, 6) is -0.164. The number of hydrogen-bond donors (Lipinski definition) is 1. The Balaban J connectivity index is 3.15. The Bertz CT molecular complexity index is 385. The second-order valence-corrected chi connectivity index (χ2v) is 9.46. The van der Waals surface area contributed by atoms with Gasteiger partial charge in [0.05, 0.1) is 5.75 Å². The van der Waals surface area contributed by atoms with E-state index in [1.807, 2.05) is 11.9 Å². The molecule has 0 aliphatic heterocycles. The average molecular weight is 392 g/mol. The summed E-state index contributed by atoms with van der Waals surface area (Å²) in [5.41, 5.74) is 0. The van der Waals surface area contributed by atoms with Crippen LogP contribution in [0.3, 0.4) is 0 Å². The van der Waals surface area contributed by atoms with E-state index in [-0.39, 0.29) is 5.75 Å². The molecule has 158 valence electrons. The third kappa shape index (κ3) is 21.9. The van der Waals surface area contributed by atoms with E-state index in [1.165, 1.54) is 96.3 Å². The molecule has 0 rings (SSSR count). The molecule has 0 spiro atoms. The van der Waals surface area contributed by atoms with Crippen LogP contribution in [-0.4, -0.2) is 43.8 Å². The van der Waals surface area contributed by atoms with Gasteiger partial charge < -0.3 is 4.90 Å². The molecule has 0 aromatic heterocycles. The number of nitrogens with zero attached hydrogens (tertiary/aromatic N) is 1. The summed E-state index contributed by atoms with van der Waals surface area (Å²) in [6, 6.07) is 0. The molecule has 26 heavy (non-hydrogen) atoms. The predicted octanol–water partition coefficient (Wildman–Crippen LogP) is 6.07. The van der Waals surface area contributed by atoms with E-state index in [0.717, 1.165) is 13.0 Å². The van der Waals surface area contributed by atoms with E-state index in [9.17, 15) is 8.42 Å². The van der Waals surface area contributed by atoms with Gasteiger partial charge in [-0.3, -0.25) is 4.55 Å². The average Bonchev–Trinajstić information content (AvgIpc) is 2.59. The van der Waals surface area contributed by atoms with Crippen molar-refractivity contribution in [2.45, 2.75) is 110 Å². The molecule has 0 heterocycles. The molecule has 0 aromatic carbocycles. The Hall–Kier alpha value is -0.130. The first-order valence-corrected chi connectivity index (χ1v) is 12.7. The molecule has 0 aliphatic rings. The number of unbranched alkanes of at least 4 members (excludes halogenated alkanes) is 15. The lowest BCUT2D eigenvalue weighted by Crippen LogP contribution is -2.26. The van der Waals surface area contributed by atoms with Crippen LogP contribution in [0.4, 0.5) is 0 Å². The molecule has 5 heteroatoms. The second kappa shape index (κ2) is 18.2. The van der Waals surface area contributed by atoms with Crippen molar-refractivity contribution in [1.82, 2.24) is 4.90 Å². The van der Waals surface area contributed by atoms with Crippen molar-refractivity contribution in [1.29, 1.82) is 0 Å². The van der Waals surface area contributed by atoms with E-state index in [1.54, 1.807) is 0 Å². The van der Waals surface area contributed by atoms with Crippen LogP contribution in [0, 0.1) is 0 Å². The maximum Gasteiger partial charge on any atom is 0.266 e. The van der Waals surface area contributed by atoms with Crippen molar-refractivity contribution in [2.24, 2.45) is 0 Å². The first-order chi connectivity index (χ1) is 12.5. The van der Waals surface area contributed by atoms with E-state index in [0.29, 0.717) is 6.54 Å². The first-order valence-electron chi connectivity index (χ1n) is 11.1. The topological polar surface area (TPSA) is 57.6 Å². The summed E-state index contributed by atoms with van der Waals surface area (Å²) >= 11 is 0. The van der Waals surface area contributed by atoms with Crippen molar-refractivity contribution >= 4 is 10.1 Å². The molecule has 0 unspecified atom stereocenters. The summed E-state index contributed by atoms with van der Waals surface area (Å²) in [6.07, 6.45) is 21.8. The lowest BCUT2D eigenvalue weighted by atomic mass is 10.0. The maximum atomic E-state index is 10.7.